The monoisotopic (exact) mass is 813 g/mol. The molecule has 2 saturated heterocycles. The molecular weight excluding hydrogens is 771 g/mol. The van der Waals surface area contributed by atoms with Crippen LogP contribution in [0.1, 0.15) is 53.7 Å². The minimum atomic E-state index is -1.36. The summed E-state index contributed by atoms with van der Waals surface area (Å²) in [5.41, 5.74) is -2.85. The summed E-state index contributed by atoms with van der Waals surface area (Å²) in [6, 6.07) is -0.985. The molecule has 4 rings (SSSR count). The van der Waals surface area contributed by atoms with Crippen LogP contribution in [0.5, 0.6) is 0 Å². The Morgan fingerprint density at radius 2 is 1.80 bits per heavy atom. The number of amides is 5. The highest BCUT2D eigenvalue weighted by Crippen LogP contribution is 2.44. The van der Waals surface area contributed by atoms with E-state index in [9.17, 15) is 33.9 Å². The fourth-order valence-corrected chi connectivity index (χ4v) is 8.21. The van der Waals surface area contributed by atoms with Gasteiger partial charge in [0.1, 0.15) is 40.3 Å². The molecule has 3 atom stereocenters. The van der Waals surface area contributed by atoms with Gasteiger partial charge in [-0.2, -0.15) is 0 Å². The molecule has 24 heteroatoms. The number of carboxylic acids is 1. The summed E-state index contributed by atoms with van der Waals surface area (Å²) in [4.78, 5) is 85.2. The number of ether oxygens (including phenoxy) is 2. The first-order valence-electron chi connectivity index (χ1n) is 16.6. The zero-order chi connectivity index (χ0) is 39.7. The number of β-lactam (4-membered cyclic amide) rings is 1. The third-order valence-corrected chi connectivity index (χ3v) is 10.8. The molecule has 0 aromatic carbocycles. The molecule has 0 saturated carbocycles. The van der Waals surface area contributed by atoms with Gasteiger partial charge in [-0.3, -0.25) is 19.2 Å². The standard InChI is InChI=1S/C30H43N11O10S3/c1-28(2,3)50-26(47)31-8-7-11-49-37-18(17-12-52-24(34-17)33-16-42)20(43)35-19-21(44)40-13-30(23(45)46,14-53-22(19)40)15-54-25-36-38-39-41(25)10-9-32-27(48)51-29(4,5)6/h12,16,19,22H,7-11,13-15H2,1-6H3,(H,31,47)(H,32,48)(H,35,43)(H,45,46)(H,33,34,42)/t19?,22-,30?/m1/s1. The van der Waals surface area contributed by atoms with Gasteiger partial charge in [-0.1, -0.05) is 16.9 Å². The van der Waals surface area contributed by atoms with Crippen LogP contribution in [-0.4, -0.2) is 138 Å². The minimum Gasteiger partial charge on any atom is -0.481 e. The van der Waals surface area contributed by atoms with Crippen molar-refractivity contribution < 1.29 is 48.2 Å². The van der Waals surface area contributed by atoms with Gasteiger partial charge in [-0.25, -0.2) is 19.3 Å². The Labute approximate surface area is 322 Å². The largest absolute Gasteiger partial charge is 0.481 e. The van der Waals surface area contributed by atoms with E-state index in [0.29, 0.717) is 18.0 Å². The summed E-state index contributed by atoms with van der Waals surface area (Å²) in [7, 11) is 0. The van der Waals surface area contributed by atoms with Gasteiger partial charge in [0.15, 0.2) is 10.8 Å². The first-order chi connectivity index (χ1) is 25.4. The summed E-state index contributed by atoms with van der Waals surface area (Å²) in [5, 5.41) is 37.6. The Bertz CT molecular complexity index is 1720. The van der Waals surface area contributed by atoms with E-state index in [1.54, 1.807) is 41.5 Å². The van der Waals surface area contributed by atoms with Crippen LogP contribution in [-0.2, 0) is 40.0 Å². The number of fused-ring (bicyclic) bond motifs is 1. The van der Waals surface area contributed by atoms with Gasteiger partial charge in [0.25, 0.3) is 5.91 Å². The van der Waals surface area contributed by atoms with Crippen molar-refractivity contribution in [3.05, 3.63) is 11.1 Å². The lowest BCUT2D eigenvalue weighted by molar-refractivity contribution is -0.157. The molecule has 4 heterocycles. The number of anilines is 1. The van der Waals surface area contributed by atoms with Gasteiger partial charge in [0.2, 0.25) is 17.5 Å². The highest BCUT2D eigenvalue weighted by atomic mass is 32.2. The topological polar surface area (TPSA) is 271 Å². The third-order valence-electron chi connectivity index (χ3n) is 7.23. The van der Waals surface area contributed by atoms with E-state index in [2.05, 4.69) is 46.9 Å². The molecular formula is C30H43N11O10S3. The Kier molecular flexibility index (Phi) is 14.1. The van der Waals surface area contributed by atoms with Gasteiger partial charge in [0.05, 0.1) is 6.54 Å². The molecule has 5 N–H and O–H groups in total. The molecule has 21 nitrogen and oxygen atoms in total. The number of nitrogens with one attached hydrogen (secondary N) is 4. The second-order valence-electron chi connectivity index (χ2n) is 14.0. The summed E-state index contributed by atoms with van der Waals surface area (Å²) >= 11 is 3.37. The molecule has 54 heavy (non-hydrogen) atoms. The Hall–Kier alpha value is -4.71. The lowest BCUT2D eigenvalue weighted by atomic mass is 9.89. The summed E-state index contributed by atoms with van der Waals surface area (Å²) < 4.78 is 11.8. The number of alkyl carbamates (subject to hydrolysis) is 2. The van der Waals surface area contributed by atoms with Crippen LogP contribution in [0.15, 0.2) is 15.7 Å². The second-order valence-corrected chi connectivity index (χ2v) is 16.9. The second kappa shape index (κ2) is 18.1. The van der Waals surface area contributed by atoms with Crippen molar-refractivity contribution in [1.29, 1.82) is 0 Å². The normalized spacial score (nSPS) is 19.9. The van der Waals surface area contributed by atoms with Crippen molar-refractivity contribution in [2.24, 2.45) is 10.6 Å². The van der Waals surface area contributed by atoms with Crippen molar-refractivity contribution in [2.75, 3.05) is 43.1 Å². The van der Waals surface area contributed by atoms with E-state index >= 15 is 0 Å². The summed E-state index contributed by atoms with van der Waals surface area (Å²) in [6.45, 7) is 10.9. The van der Waals surface area contributed by atoms with Crippen molar-refractivity contribution in [1.82, 2.24) is 46.0 Å². The lowest BCUT2D eigenvalue weighted by Gasteiger charge is -2.53. The SMILES string of the molecule is CC(C)(C)OC(=O)NCCCON=C(C(=O)NC1C(=O)N2CC(CSc3nnnn3CCNC(=O)OC(C)(C)C)(C(=O)O)CS[C@H]12)c1csc(NC=O)n1. The third kappa shape index (κ3) is 11.6. The maximum absolute atomic E-state index is 13.5. The number of hydrogen-bond donors (Lipinski definition) is 5. The predicted octanol–water partition coefficient (Wildman–Crippen LogP) is 1.12. The number of aromatic nitrogens is 5. The van der Waals surface area contributed by atoms with Crippen LogP contribution in [0, 0.1) is 5.41 Å². The number of carbonyl (C=O) groups excluding carboxylic acids is 5. The maximum Gasteiger partial charge on any atom is 0.407 e. The van der Waals surface area contributed by atoms with E-state index < -0.39 is 58.0 Å². The number of carbonyl (C=O) groups is 6. The molecule has 2 fully saturated rings. The first-order valence-corrected chi connectivity index (χ1v) is 19.5. The molecule has 296 valence electrons. The zero-order valence-electron chi connectivity index (χ0n) is 30.4. The van der Waals surface area contributed by atoms with Crippen molar-refractivity contribution in [3.63, 3.8) is 0 Å². The van der Waals surface area contributed by atoms with Crippen LogP contribution in [0.25, 0.3) is 0 Å². The molecule has 2 aromatic heterocycles. The van der Waals surface area contributed by atoms with Gasteiger partial charge in [-0.05, 0) is 52.0 Å². The quantitative estimate of drug-likeness (QED) is 0.0374. The number of oxime groups is 1. The molecule has 0 spiro atoms. The maximum atomic E-state index is 13.5. The smallest absolute Gasteiger partial charge is 0.407 e. The predicted molar refractivity (Wildman–Crippen MR) is 196 cm³/mol. The fraction of sp³-hybridized carbons (Fsp3) is 0.633. The lowest BCUT2D eigenvalue weighted by Crippen LogP contribution is -2.74. The number of hydrogen-bond acceptors (Lipinski definition) is 17. The molecule has 0 bridgehead atoms. The van der Waals surface area contributed by atoms with E-state index in [0.717, 1.165) is 23.1 Å². The minimum absolute atomic E-state index is 0.00932. The highest BCUT2D eigenvalue weighted by molar-refractivity contribution is 8.00. The van der Waals surface area contributed by atoms with E-state index in [4.69, 9.17) is 14.3 Å². The van der Waals surface area contributed by atoms with Crippen LogP contribution in [0.4, 0.5) is 14.7 Å². The molecule has 5 amide bonds. The number of tetrazole rings is 1. The highest BCUT2D eigenvalue weighted by Gasteiger charge is 2.57. The Balaban J connectivity index is 1.34. The Morgan fingerprint density at radius 3 is 2.44 bits per heavy atom. The van der Waals surface area contributed by atoms with Crippen LogP contribution in [0.2, 0.25) is 0 Å². The fourth-order valence-electron chi connectivity index (χ4n) is 4.79. The van der Waals surface area contributed by atoms with Gasteiger partial charge in [-0.15, -0.1) is 28.2 Å². The number of thioether (sulfide) groups is 2. The zero-order valence-corrected chi connectivity index (χ0v) is 32.9. The average molecular weight is 814 g/mol. The van der Waals surface area contributed by atoms with Gasteiger partial charge >= 0.3 is 18.2 Å². The van der Waals surface area contributed by atoms with E-state index in [1.165, 1.54) is 26.7 Å². The van der Waals surface area contributed by atoms with Crippen LogP contribution < -0.4 is 21.3 Å². The van der Waals surface area contributed by atoms with Crippen molar-refractivity contribution >= 4 is 82.1 Å². The number of carboxylic acid groups (broad SMARTS) is 1. The van der Waals surface area contributed by atoms with Crippen LogP contribution >= 0.6 is 34.9 Å². The molecule has 2 unspecified atom stereocenters. The average Bonchev–Trinajstić information content (AvgIpc) is 3.73. The van der Waals surface area contributed by atoms with E-state index in [1.807, 2.05) is 0 Å². The molecule has 2 aliphatic rings. The number of aliphatic carboxylic acids is 1. The summed E-state index contributed by atoms with van der Waals surface area (Å²) in [6.07, 6.45) is -0.434. The van der Waals surface area contributed by atoms with Gasteiger partial charge in [0, 0.05) is 42.9 Å². The Morgan fingerprint density at radius 1 is 1.11 bits per heavy atom. The number of rotatable bonds is 17. The van der Waals surface area contributed by atoms with Gasteiger partial charge < -0.3 is 45.6 Å². The van der Waals surface area contributed by atoms with Crippen molar-refractivity contribution in [3.8, 4) is 0 Å². The molecule has 0 aliphatic carbocycles. The number of thiazole rings is 1. The molecule has 2 aliphatic heterocycles. The molecule has 0 radical (unpaired) electrons. The molecule has 2 aromatic rings. The van der Waals surface area contributed by atoms with Crippen molar-refractivity contribution in [2.45, 2.75) is 82.3 Å². The van der Waals surface area contributed by atoms with E-state index in [-0.39, 0.29) is 60.8 Å². The number of nitrogens with zero attached hydrogens (tertiary/aromatic N) is 7. The first kappa shape index (κ1) is 42.0. The summed E-state index contributed by atoms with van der Waals surface area (Å²) in [5.74, 6) is -2.22. The van der Waals surface area contributed by atoms with Crippen LogP contribution in [0.3, 0.4) is 0 Å².